The van der Waals surface area contributed by atoms with Gasteiger partial charge in [-0.05, 0) is 6.92 Å². The molecule has 0 radical (unpaired) electrons. The highest BCUT2D eigenvalue weighted by Gasteiger charge is 2.26. The summed E-state index contributed by atoms with van der Waals surface area (Å²) in [7, 11) is 0. The van der Waals surface area contributed by atoms with Gasteiger partial charge in [0.25, 0.3) is 0 Å². The Balaban J connectivity index is 0.000000292. The molecule has 0 aromatic carbocycles. The van der Waals surface area contributed by atoms with Gasteiger partial charge in [-0.3, -0.25) is 0 Å². The minimum Gasteiger partial charge on any atom is -0.397 e. The van der Waals surface area contributed by atoms with Gasteiger partial charge in [-0.1, -0.05) is 0 Å². The largest absolute Gasteiger partial charge is 0.397 e. The summed E-state index contributed by atoms with van der Waals surface area (Å²) in [5, 5.41) is 23.7. The van der Waals surface area contributed by atoms with Crippen molar-refractivity contribution in [3.8, 4) is 0 Å². The van der Waals surface area contributed by atoms with Crippen LogP contribution >= 0.6 is 0 Å². The zero-order chi connectivity index (χ0) is 14.3. The van der Waals surface area contributed by atoms with Crippen molar-refractivity contribution in [1.29, 1.82) is 0 Å². The summed E-state index contributed by atoms with van der Waals surface area (Å²) >= 11 is 0. The van der Waals surface area contributed by atoms with E-state index in [2.05, 4.69) is 4.74 Å². The van der Waals surface area contributed by atoms with Crippen LogP contribution in [0.5, 0.6) is 0 Å². The van der Waals surface area contributed by atoms with Crippen molar-refractivity contribution in [3.05, 3.63) is 0 Å². The van der Waals surface area contributed by atoms with Gasteiger partial charge in [-0.2, -0.15) is 0 Å². The third-order valence-electron chi connectivity index (χ3n) is 1.88. The summed E-state index contributed by atoms with van der Waals surface area (Å²) < 4.78 is 19.8. The molecule has 0 amide bonds. The molecule has 2 aliphatic heterocycles. The van der Waals surface area contributed by atoms with Gasteiger partial charge in [0.05, 0.1) is 52.9 Å². The van der Waals surface area contributed by atoms with E-state index < -0.39 is 0 Å². The quantitative estimate of drug-likeness (QED) is 0.379. The van der Waals surface area contributed by atoms with Gasteiger partial charge in [0.1, 0.15) is 12.2 Å². The van der Waals surface area contributed by atoms with E-state index in [1.165, 1.54) is 0 Å². The highest BCUT2D eigenvalue weighted by Crippen LogP contribution is 2.12. The second-order valence-electron chi connectivity index (χ2n) is 3.82. The highest BCUT2D eigenvalue weighted by molar-refractivity contribution is 4.71. The van der Waals surface area contributed by atoms with E-state index >= 15 is 0 Å². The van der Waals surface area contributed by atoms with Gasteiger partial charge in [-0.15, -0.1) is 0 Å². The number of aliphatic hydroxyl groups is 3. The molecular formula is C12H26O7. The molecule has 19 heavy (non-hydrogen) atoms. The maximum atomic E-state index is 8.09. The molecule has 3 N–H and O–H groups in total. The lowest BCUT2D eigenvalue weighted by Gasteiger charge is -1.95. The third kappa shape index (κ3) is 17.7. The van der Waals surface area contributed by atoms with Crippen molar-refractivity contribution in [3.63, 3.8) is 0 Å². The molecule has 0 aliphatic carbocycles. The fraction of sp³-hybridized carbons (Fsp3) is 1.00. The lowest BCUT2D eigenvalue weighted by atomic mass is 10.5. The van der Waals surface area contributed by atoms with E-state index in [1.807, 2.05) is 0 Å². The summed E-state index contributed by atoms with van der Waals surface area (Å²) in [6.45, 7) is 5.89. The number of hydrogen-bond acceptors (Lipinski definition) is 7. The van der Waals surface area contributed by atoms with Crippen molar-refractivity contribution in [1.82, 2.24) is 0 Å². The van der Waals surface area contributed by atoms with Crippen LogP contribution in [0.4, 0.5) is 0 Å². The standard InChI is InChI=1S/C6H10O3.C4H10O3.C2H6O/c1(5-3-8-5)7-2-6-4-9-6;5-1-3-7-4-2-6;1-2-3/h5-6H,1-4H2;5-6H,1-4H2;3H,2H2,1H3. The summed E-state index contributed by atoms with van der Waals surface area (Å²) in [6, 6.07) is 0. The molecule has 0 aromatic rings. The van der Waals surface area contributed by atoms with Crippen LogP contribution < -0.4 is 0 Å². The topological polar surface area (TPSA) is 104 Å². The monoisotopic (exact) mass is 282 g/mol. The fourth-order valence-electron chi connectivity index (χ4n) is 0.891. The molecule has 0 spiro atoms. The Morgan fingerprint density at radius 1 is 0.895 bits per heavy atom. The molecule has 7 heteroatoms. The molecule has 0 aromatic heterocycles. The molecule has 2 heterocycles. The van der Waals surface area contributed by atoms with Crippen LogP contribution in [0.1, 0.15) is 6.92 Å². The van der Waals surface area contributed by atoms with E-state index in [-0.39, 0.29) is 19.8 Å². The summed E-state index contributed by atoms with van der Waals surface area (Å²) in [5.41, 5.74) is 0. The Morgan fingerprint density at radius 3 is 1.53 bits per heavy atom. The van der Waals surface area contributed by atoms with Crippen molar-refractivity contribution in [2.24, 2.45) is 0 Å². The number of ether oxygens (including phenoxy) is 4. The second kappa shape index (κ2) is 14.1. The van der Waals surface area contributed by atoms with Crippen molar-refractivity contribution < 1.29 is 34.3 Å². The lowest BCUT2D eigenvalue weighted by molar-refractivity contribution is 0.0650. The molecule has 0 bridgehead atoms. The Labute approximate surface area is 114 Å². The van der Waals surface area contributed by atoms with E-state index in [0.717, 1.165) is 26.4 Å². The van der Waals surface area contributed by atoms with Crippen LogP contribution in [0, 0.1) is 0 Å². The Bertz CT molecular complexity index is 155. The molecule has 7 nitrogen and oxygen atoms in total. The van der Waals surface area contributed by atoms with Gasteiger partial charge in [-0.25, -0.2) is 0 Å². The summed E-state index contributed by atoms with van der Waals surface area (Å²) in [6.07, 6.45) is 0.785. The smallest absolute Gasteiger partial charge is 0.104 e. The van der Waals surface area contributed by atoms with E-state index in [9.17, 15) is 0 Å². The average Bonchev–Trinajstić information content (AvgIpc) is 3.26. The number of epoxide rings is 2. The molecule has 116 valence electrons. The number of hydrogen-bond donors (Lipinski definition) is 3. The van der Waals surface area contributed by atoms with Crippen LogP contribution in [0.2, 0.25) is 0 Å². The molecule has 2 aliphatic rings. The molecule has 2 unspecified atom stereocenters. The van der Waals surface area contributed by atoms with Crippen LogP contribution in [0.3, 0.4) is 0 Å². The fourth-order valence-corrected chi connectivity index (χ4v) is 0.891. The van der Waals surface area contributed by atoms with E-state index in [0.29, 0.717) is 25.4 Å². The first-order valence-corrected chi connectivity index (χ1v) is 6.49. The van der Waals surface area contributed by atoms with Gasteiger partial charge in [0.15, 0.2) is 0 Å². The van der Waals surface area contributed by atoms with Crippen LogP contribution in [0.15, 0.2) is 0 Å². The first kappa shape index (κ1) is 18.7. The van der Waals surface area contributed by atoms with Crippen molar-refractivity contribution in [2.75, 3.05) is 59.5 Å². The Hall–Kier alpha value is -0.280. The van der Waals surface area contributed by atoms with Crippen LogP contribution in [-0.4, -0.2) is 87.0 Å². The van der Waals surface area contributed by atoms with Crippen LogP contribution in [0.25, 0.3) is 0 Å². The molecule has 0 saturated carbocycles. The predicted octanol–water partition coefficient (Wildman–Crippen LogP) is -1.21. The molecule has 2 saturated heterocycles. The Morgan fingerprint density at radius 2 is 1.26 bits per heavy atom. The minimum atomic E-state index is 0.0278. The van der Waals surface area contributed by atoms with Gasteiger partial charge in [0.2, 0.25) is 0 Å². The summed E-state index contributed by atoms with van der Waals surface area (Å²) in [4.78, 5) is 0. The number of aliphatic hydroxyl groups excluding tert-OH is 3. The predicted molar refractivity (Wildman–Crippen MR) is 68.0 cm³/mol. The van der Waals surface area contributed by atoms with Crippen molar-refractivity contribution >= 4 is 0 Å². The van der Waals surface area contributed by atoms with Gasteiger partial charge < -0.3 is 34.3 Å². The normalized spacial score (nSPS) is 22.7. The van der Waals surface area contributed by atoms with E-state index in [4.69, 9.17) is 29.5 Å². The molecular weight excluding hydrogens is 256 g/mol. The van der Waals surface area contributed by atoms with Gasteiger partial charge >= 0.3 is 0 Å². The van der Waals surface area contributed by atoms with Gasteiger partial charge in [0, 0.05) is 6.61 Å². The minimum absolute atomic E-state index is 0.0278. The first-order valence-electron chi connectivity index (χ1n) is 6.49. The SMILES string of the molecule is C(OCC1CO1)C1CO1.CCO.OCCOCCO. The Kier molecular flexibility index (Phi) is 13.9. The summed E-state index contributed by atoms with van der Waals surface area (Å²) in [5.74, 6) is 0. The zero-order valence-electron chi connectivity index (χ0n) is 11.5. The lowest BCUT2D eigenvalue weighted by Crippen LogP contribution is -2.06. The number of rotatable bonds is 8. The maximum Gasteiger partial charge on any atom is 0.104 e. The highest BCUT2D eigenvalue weighted by atomic mass is 16.6. The third-order valence-corrected chi connectivity index (χ3v) is 1.88. The van der Waals surface area contributed by atoms with Crippen molar-refractivity contribution in [2.45, 2.75) is 19.1 Å². The second-order valence-corrected chi connectivity index (χ2v) is 3.82. The molecule has 2 fully saturated rings. The van der Waals surface area contributed by atoms with E-state index in [1.54, 1.807) is 6.92 Å². The zero-order valence-corrected chi connectivity index (χ0v) is 11.5. The average molecular weight is 282 g/mol. The molecule has 2 rings (SSSR count). The van der Waals surface area contributed by atoms with Crippen LogP contribution in [-0.2, 0) is 18.9 Å². The first-order chi connectivity index (χ1) is 9.28. The molecule has 2 atom stereocenters. The maximum absolute atomic E-state index is 8.09.